The Balaban J connectivity index is 1.22. The highest BCUT2D eigenvalue weighted by molar-refractivity contribution is 6.23. The molecule has 0 unspecified atom stereocenters. The van der Waals surface area contributed by atoms with Crippen LogP contribution in [0.3, 0.4) is 0 Å². The summed E-state index contributed by atoms with van der Waals surface area (Å²) in [4.78, 5) is 29.1. The van der Waals surface area contributed by atoms with Gasteiger partial charge in [-0.3, -0.25) is 9.59 Å². The first-order chi connectivity index (χ1) is 17.7. The Labute approximate surface area is 208 Å². The number of carbonyl (C=O) groups excluding carboxylic acids is 2. The molecule has 2 atom stereocenters. The topological polar surface area (TPSA) is 55.8 Å². The van der Waals surface area contributed by atoms with Gasteiger partial charge in [0, 0.05) is 11.8 Å². The van der Waals surface area contributed by atoms with Crippen LogP contribution in [0, 0.1) is 11.8 Å². The van der Waals surface area contributed by atoms with Gasteiger partial charge in [0.25, 0.3) is 0 Å². The molecular weight excluding hydrogens is 450 g/mol. The van der Waals surface area contributed by atoms with E-state index in [1.807, 2.05) is 48.5 Å². The maximum absolute atomic E-state index is 13.9. The molecule has 4 aliphatic rings. The smallest absolute Gasteiger partial charge is 0.238 e. The predicted octanol–water partition coefficient (Wildman–Crippen LogP) is 5.88. The zero-order valence-corrected chi connectivity index (χ0v) is 19.6. The molecule has 5 nitrogen and oxygen atoms in total. The lowest BCUT2D eigenvalue weighted by atomic mass is 9.55. The molecule has 3 aliphatic carbocycles. The molecule has 0 spiro atoms. The van der Waals surface area contributed by atoms with Crippen molar-refractivity contribution in [2.24, 2.45) is 11.8 Å². The Bertz CT molecular complexity index is 1390. The van der Waals surface area contributed by atoms with Crippen LogP contribution in [0.15, 0.2) is 97.1 Å². The van der Waals surface area contributed by atoms with Crippen molar-refractivity contribution in [3.8, 4) is 17.2 Å². The number of rotatable bonds is 4. The van der Waals surface area contributed by atoms with E-state index in [1.54, 1.807) is 31.4 Å². The van der Waals surface area contributed by atoms with Gasteiger partial charge in [0.2, 0.25) is 11.8 Å². The van der Waals surface area contributed by atoms with Crippen LogP contribution in [0.2, 0.25) is 0 Å². The van der Waals surface area contributed by atoms with Gasteiger partial charge in [-0.1, -0.05) is 48.5 Å². The molecule has 8 rings (SSSR count). The van der Waals surface area contributed by atoms with Gasteiger partial charge in [-0.25, -0.2) is 4.90 Å². The Hall–Kier alpha value is -4.38. The summed E-state index contributed by atoms with van der Waals surface area (Å²) < 4.78 is 11.1. The summed E-state index contributed by atoms with van der Waals surface area (Å²) in [5.41, 5.74) is 5.28. The van der Waals surface area contributed by atoms with Crippen molar-refractivity contribution in [3.63, 3.8) is 0 Å². The quantitative estimate of drug-likeness (QED) is 0.347. The van der Waals surface area contributed by atoms with Crippen LogP contribution >= 0.6 is 0 Å². The Kier molecular flexibility index (Phi) is 4.55. The predicted molar refractivity (Wildman–Crippen MR) is 136 cm³/mol. The van der Waals surface area contributed by atoms with Crippen molar-refractivity contribution in [1.29, 1.82) is 0 Å². The molecule has 1 saturated heterocycles. The average molecular weight is 474 g/mol. The van der Waals surface area contributed by atoms with Crippen LogP contribution in [0.25, 0.3) is 0 Å². The maximum Gasteiger partial charge on any atom is 0.238 e. The molecule has 5 heteroatoms. The van der Waals surface area contributed by atoms with E-state index in [4.69, 9.17) is 9.47 Å². The second-order valence-corrected chi connectivity index (χ2v) is 9.55. The highest BCUT2D eigenvalue weighted by Crippen LogP contribution is 2.61. The first-order valence-corrected chi connectivity index (χ1v) is 12.1. The van der Waals surface area contributed by atoms with E-state index in [0.29, 0.717) is 17.2 Å². The van der Waals surface area contributed by atoms with Crippen LogP contribution in [-0.4, -0.2) is 18.9 Å². The second-order valence-electron chi connectivity index (χ2n) is 9.55. The molecular formula is C31H23NO4. The summed E-state index contributed by atoms with van der Waals surface area (Å²) in [6.07, 6.45) is 0. The molecule has 0 aromatic heterocycles. The van der Waals surface area contributed by atoms with Crippen molar-refractivity contribution in [3.05, 3.63) is 119 Å². The molecule has 0 N–H and O–H groups in total. The minimum atomic E-state index is -0.387. The standard InChI is InChI=1S/C31H23NO4/c1-35-19-14-16-21(17-15-19)36-20-12-10-18(11-13-20)32-30(33)28-26-22-6-2-3-7-23(22)27(29(28)31(32)34)25-9-5-4-8-24(25)26/h2-17,26-29H,1H3/t26?,27?,28-,29-/m1/s1. The normalized spacial score (nSPS) is 23.2. The third-order valence-electron chi connectivity index (χ3n) is 7.84. The van der Waals surface area contributed by atoms with Crippen LogP contribution in [0.1, 0.15) is 34.1 Å². The van der Waals surface area contributed by atoms with Gasteiger partial charge in [0.05, 0.1) is 24.6 Å². The van der Waals surface area contributed by atoms with Crippen LogP contribution in [0.4, 0.5) is 5.69 Å². The SMILES string of the molecule is COc1ccc(Oc2ccc(N3C(=O)[C@@H]4C5c6ccccc6C(c6ccccc65)[C@H]4C3=O)cc2)cc1. The number of nitrogens with zero attached hydrogens (tertiary/aromatic N) is 1. The van der Waals surface area contributed by atoms with E-state index < -0.39 is 0 Å². The van der Waals surface area contributed by atoms with Gasteiger partial charge in [-0.15, -0.1) is 0 Å². The monoisotopic (exact) mass is 473 g/mol. The summed E-state index contributed by atoms with van der Waals surface area (Å²) in [6, 6.07) is 31.0. The molecule has 176 valence electrons. The van der Waals surface area contributed by atoms with E-state index in [0.717, 1.165) is 5.75 Å². The lowest BCUT2D eigenvalue weighted by molar-refractivity contribution is -0.122. The molecule has 4 aromatic rings. The molecule has 0 radical (unpaired) electrons. The van der Waals surface area contributed by atoms with E-state index in [9.17, 15) is 9.59 Å². The molecule has 2 amide bonds. The van der Waals surface area contributed by atoms with Gasteiger partial charge in [-0.05, 0) is 70.8 Å². The fourth-order valence-electron chi connectivity index (χ4n) is 6.37. The summed E-state index contributed by atoms with van der Waals surface area (Å²) in [6.45, 7) is 0. The van der Waals surface area contributed by atoms with Crippen molar-refractivity contribution < 1.29 is 19.1 Å². The first kappa shape index (κ1) is 20.9. The Morgan fingerprint density at radius 2 is 0.944 bits per heavy atom. The molecule has 4 aromatic carbocycles. The fraction of sp³-hybridized carbons (Fsp3) is 0.161. The van der Waals surface area contributed by atoms with Crippen molar-refractivity contribution in [1.82, 2.24) is 0 Å². The average Bonchev–Trinajstić information content (AvgIpc) is 3.20. The summed E-state index contributed by atoms with van der Waals surface area (Å²) in [7, 11) is 1.62. The second kappa shape index (κ2) is 7.82. The largest absolute Gasteiger partial charge is 0.497 e. The van der Waals surface area contributed by atoms with Gasteiger partial charge in [0.1, 0.15) is 17.2 Å². The van der Waals surface area contributed by atoms with Gasteiger partial charge < -0.3 is 9.47 Å². The van der Waals surface area contributed by atoms with Crippen molar-refractivity contribution >= 4 is 17.5 Å². The highest BCUT2D eigenvalue weighted by atomic mass is 16.5. The van der Waals surface area contributed by atoms with E-state index in [-0.39, 0.29) is 35.5 Å². The van der Waals surface area contributed by atoms with E-state index in [2.05, 4.69) is 24.3 Å². The van der Waals surface area contributed by atoms with Crippen molar-refractivity contribution in [2.45, 2.75) is 11.8 Å². The number of carbonyl (C=O) groups is 2. The molecule has 1 aliphatic heterocycles. The van der Waals surface area contributed by atoms with E-state index in [1.165, 1.54) is 27.2 Å². The van der Waals surface area contributed by atoms with Crippen LogP contribution < -0.4 is 14.4 Å². The lowest BCUT2D eigenvalue weighted by Gasteiger charge is -2.45. The zero-order valence-electron chi connectivity index (χ0n) is 19.6. The molecule has 2 bridgehead atoms. The number of amides is 2. The maximum atomic E-state index is 13.9. The third-order valence-corrected chi connectivity index (χ3v) is 7.84. The number of imide groups is 1. The summed E-state index contributed by atoms with van der Waals surface area (Å²) in [5.74, 6) is 0.836. The first-order valence-electron chi connectivity index (χ1n) is 12.1. The van der Waals surface area contributed by atoms with Crippen LogP contribution in [0.5, 0.6) is 17.2 Å². The zero-order chi connectivity index (χ0) is 24.4. The number of ether oxygens (including phenoxy) is 2. The van der Waals surface area contributed by atoms with E-state index >= 15 is 0 Å². The number of hydrogen-bond donors (Lipinski definition) is 0. The third kappa shape index (κ3) is 2.89. The number of anilines is 1. The minimum Gasteiger partial charge on any atom is -0.497 e. The lowest BCUT2D eigenvalue weighted by Crippen LogP contribution is -2.41. The highest BCUT2D eigenvalue weighted by Gasteiger charge is 2.61. The number of benzene rings is 4. The molecule has 0 saturated carbocycles. The Morgan fingerprint density at radius 3 is 1.36 bits per heavy atom. The molecule has 1 heterocycles. The summed E-state index contributed by atoms with van der Waals surface area (Å²) >= 11 is 0. The number of methoxy groups -OCH3 is 1. The fourth-order valence-corrected chi connectivity index (χ4v) is 6.37. The number of hydrogen-bond acceptors (Lipinski definition) is 4. The van der Waals surface area contributed by atoms with Gasteiger partial charge in [0.15, 0.2) is 0 Å². The summed E-state index contributed by atoms with van der Waals surface area (Å²) in [5, 5.41) is 0. The van der Waals surface area contributed by atoms with Gasteiger partial charge >= 0.3 is 0 Å². The minimum absolute atomic E-state index is 0.105. The van der Waals surface area contributed by atoms with Crippen LogP contribution in [-0.2, 0) is 9.59 Å². The molecule has 36 heavy (non-hydrogen) atoms. The van der Waals surface area contributed by atoms with Crippen molar-refractivity contribution in [2.75, 3.05) is 12.0 Å². The molecule has 1 fully saturated rings. The Morgan fingerprint density at radius 1 is 0.556 bits per heavy atom. The van der Waals surface area contributed by atoms with Gasteiger partial charge in [-0.2, -0.15) is 0 Å².